The second kappa shape index (κ2) is 3.76. The van der Waals surface area contributed by atoms with Crippen molar-refractivity contribution in [1.29, 1.82) is 0 Å². The van der Waals surface area contributed by atoms with Crippen molar-refractivity contribution in [2.45, 2.75) is 3.79 Å². The molecule has 0 aromatic carbocycles. The molecular formula is C3H3Cl3O2S. The topological polar surface area (TPSA) is 26.3 Å². The van der Waals surface area contributed by atoms with E-state index in [2.05, 4.69) is 17.4 Å². The lowest BCUT2D eigenvalue weighted by Crippen LogP contribution is -2.13. The molecular weight excluding hydrogens is 206 g/mol. The number of rotatable bonds is 1. The molecule has 0 fully saturated rings. The van der Waals surface area contributed by atoms with Crippen molar-refractivity contribution in [3.8, 4) is 0 Å². The van der Waals surface area contributed by atoms with Gasteiger partial charge in [0, 0.05) is 0 Å². The molecule has 9 heavy (non-hydrogen) atoms. The number of hydrogen-bond acceptors (Lipinski definition) is 2. The van der Waals surface area contributed by atoms with Crippen molar-refractivity contribution >= 4 is 52.7 Å². The van der Waals surface area contributed by atoms with E-state index < -0.39 is 9.09 Å². The van der Waals surface area contributed by atoms with Crippen LogP contribution >= 0.6 is 47.4 Å². The lowest BCUT2D eigenvalue weighted by Gasteiger charge is -2.08. The smallest absolute Gasteiger partial charge is 0.364 e. The molecule has 0 spiro atoms. The Morgan fingerprint density at radius 3 is 2.11 bits per heavy atom. The van der Waals surface area contributed by atoms with Crippen LogP contribution < -0.4 is 0 Å². The van der Waals surface area contributed by atoms with Gasteiger partial charge in [-0.1, -0.05) is 47.4 Å². The Balaban J connectivity index is 3.39. The first kappa shape index (κ1) is 9.69. The standard InChI is InChI=1S/C3H3Cl3O2S/c4-3(5,6)1-8-2(7)9/h1H2,(H,7,9). The molecule has 0 N–H and O–H groups in total. The molecule has 0 radical (unpaired) electrons. The van der Waals surface area contributed by atoms with Gasteiger partial charge in [-0.2, -0.15) is 0 Å². The monoisotopic (exact) mass is 208 g/mol. The number of carbonyl (C=O) groups excluding carboxylic acids is 1. The third-order valence-electron chi connectivity index (χ3n) is 0.359. The van der Waals surface area contributed by atoms with Gasteiger partial charge < -0.3 is 4.74 Å². The molecule has 0 saturated heterocycles. The van der Waals surface area contributed by atoms with Crippen LogP contribution in [0.3, 0.4) is 0 Å². The molecule has 0 aliphatic rings. The highest BCUT2D eigenvalue weighted by molar-refractivity contribution is 7.96. The fourth-order valence-corrected chi connectivity index (χ4v) is 0.372. The van der Waals surface area contributed by atoms with Crippen molar-refractivity contribution in [3.05, 3.63) is 0 Å². The van der Waals surface area contributed by atoms with Gasteiger partial charge in [-0.25, -0.2) is 4.79 Å². The lowest BCUT2D eigenvalue weighted by atomic mass is 10.8. The summed E-state index contributed by atoms with van der Waals surface area (Å²) in [7, 11) is 0. The average molecular weight is 209 g/mol. The van der Waals surface area contributed by atoms with E-state index in [4.69, 9.17) is 34.8 Å². The molecule has 0 rings (SSSR count). The van der Waals surface area contributed by atoms with Gasteiger partial charge in [0.05, 0.1) is 0 Å². The van der Waals surface area contributed by atoms with Crippen LogP contribution in [0.5, 0.6) is 0 Å². The zero-order valence-corrected chi connectivity index (χ0v) is 7.27. The van der Waals surface area contributed by atoms with Crippen LogP contribution in [0.25, 0.3) is 0 Å². The average Bonchev–Trinajstić information content (AvgIpc) is 1.59. The highest BCUT2D eigenvalue weighted by atomic mass is 35.6. The molecule has 6 heteroatoms. The van der Waals surface area contributed by atoms with E-state index in [1.165, 1.54) is 0 Å². The van der Waals surface area contributed by atoms with Crippen molar-refractivity contribution < 1.29 is 9.53 Å². The van der Waals surface area contributed by atoms with Gasteiger partial charge in [0.2, 0.25) is 3.79 Å². The van der Waals surface area contributed by atoms with Crippen LogP contribution in [-0.4, -0.2) is 15.7 Å². The van der Waals surface area contributed by atoms with Crippen molar-refractivity contribution in [1.82, 2.24) is 0 Å². The van der Waals surface area contributed by atoms with E-state index in [0.29, 0.717) is 0 Å². The Morgan fingerprint density at radius 2 is 2.00 bits per heavy atom. The Hall–Kier alpha value is 0.690. The van der Waals surface area contributed by atoms with Crippen molar-refractivity contribution in [2.75, 3.05) is 6.61 Å². The van der Waals surface area contributed by atoms with Crippen LogP contribution in [0.1, 0.15) is 0 Å². The molecule has 54 valence electrons. The molecule has 0 bridgehead atoms. The fraction of sp³-hybridized carbons (Fsp3) is 0.667. The number of carbonyl (C=O) groups is 1. The van der Waals surface area contributed by atoms with E-state index in [-0.39, 0.29) is 6.61 Å². The summed E-state index contributed by atoms with van der Waals surface area (Å²) in [5.41, 5.74) is 0. The minimum Gasteiger partial charge on any atom is -0.453 e. The van der Waals surface area contributed by atoms with Gasteiger partial charge in [0.1, 0.15) is 6.61 Å². The largest absolute Gasteiger partial charge is 0.453 e. The normalized spacial score (nSPS) is 11.1. The highest BCUT2D eigenvalue weighted by Gasteiger charge is 2.20. The minimum absolute atomic E-state index is 0.278. The summed E-state index contributed by atoms with van der Waals surface area (Å²) < 4.78 is 2.69. The molecule has 0 amide bonds. The minimum atomic E-state index is -1.54. The van der Waals surface area contributed by atoms with Gasteiger partial charge in [-0.05, 0) is 0 Å². The van der Waals surface area contributed by atoms with E-state index in [0.717, 1.165) is 0 Å². The Labute approximate surface area is 72.8 Å². The first-order valence-electron chi connectivity index (χ1n) is 1.84. The third-order valence-corrected chi connectivity index (χ3v) is 0.816. The van der Waals surface area contributed by atoms with E-state index in [1.54, 1.807) is 0 Å². The summed E-state index contributed by atoms with van der Waals surface area (Å²) in [6, 6.07) is 0. The summed E-state index contributed by atoms with van der Waals surface area (Å²) in [5.74, 6) is 0. The van der Waals surface area contributed by atoms with E-state index in [1.807, 2.05) is 0 Å². The van der Waals surface area contributed by atoms with Gasteiger partial charge in [-0.15, -0.1) is 0 Å². The molecule has 0 aliphatic carbocycles. The van der Waals surface area contributed by atoms with Crippen LogP contribution in [0.4, 0.5) is 4.79 Å². The van der Waals surface area contributed by atoms with E-state index in [9.17, 15) is 4.79 Å². The second-order valence-electron chi connectivity index (χ2n) is 1.17. The number of hydrogen-bond donors (Lipinski definition) is 1. The van der Waals surface area contributed by atoms with Crippen LogP contribution in [0.15, 0.2) is 0 Å². The highest BCUT2D eigenvalue weighted by Crippen LogP contribution is 2.25. The lowest BCUT2D eigenvalue weighted by molar-refractivity contribution is 0.178. The maximum atomic E-state index is 9.96. The zero-order valence-electron chi connectivity index (χ0n) is 4.10. The van der Waals surface area contributed by atoms with Gasteiger partial charge >= 0.3 is 5.30 Å². The molecule has 0 heterocycles. The number of ether oxygens (including phenoxy) is 1. The van der Waals surface area contributed by atoms with Crippen molar-refractivity contribution in [2.24, 2.45) is 0 Å². The van der Waals surface area contributed by atoms with Gasteiger partial charge in [-0.3, -0.25) is 0 Å². The number of halogens is 3. The van der Waals surface area contributed by atoms with E-state index >= 15 is 0 Å². The molecule has 0 aliphatic heterocycles. The Kier molecular flexibility index (Phi) is 4.05. The molecule has 0 unspecified atom stereocenters. The van der Waals surface area contributed by atoms with Gasteiger partial charge in [0.25, 0.3) is 0 Å². The molecule has 0 aromatic rings. The SMILES string of the molecule is O=C(S)OCC(Cl)(Cl)Cl. The quantitative estimate of drug-likeness (QED) is 0.408. The summed E-state index contributed by atoms with van der Waals surface area (Å²) in [5, 5.41) is -0.763. The van der Waals surface area contributed by atoms with Gasteiger partial charge in [0.15, 0.2) is 0 Å². The summed E-state index contributed by atoms with van der Waals surface area (Å²) in [6.45, 7) is -0.278. The van der Waals surface area contributed by atoms with Crippen LogP contribution in [0, 0.1) is 0 Å². The maximum Gasteiger partial charge on any atom is 0.364 e. The Morgan fingerprint density at radius 1 is 1.56 bits per heavy atom. The van der Waals surface area contributed by atoms with Crippen LogP contribution in [0.2, 0.25) is 0 Å². The first-order valence-corrected chi connectivity index (χ1v) is 3.42. The molecule has 0 aromatic heterocycles. The summed E-state index contributed by atoms with van der Waals surface area (Å²) >= 11 is 18.9. The third kappa shape index (κ3) is 8.69. The molecule has 2 nitrogen and oxygen atoms in total. The number of alkyl halides is 3. The zero-order chi connectivity index (χ0) is 7.49. The predicted octanol–water partition coefficient (Wildman–Crippen LogP) is 2.42. The fourth-order valence-electron chi connectivity index (χ4n) is 0.144. The maximum absolute atomic E-state index is 9.96. The summed E-state index contributed by atoms with van der Waals surface area (Å²) in [4.78, 5) is 9.96. The van der Waals surface area contributed by atoms with Crippen molar-refractivity contribution in [3.63, 3.8) is 0 Å². The molecule has 0 atom stereocenters. The summed E-state index contributed by atoms with van der Waals surface area (Å²) in [6.07, 6.45) is 0. The predicted molar refractivity (Wildman–Crippen MR) is 40.6 cm³/mol. The first-order chi connectivity index (χ1) is 3.92. The van der Waals surface area contributed by atoms with Crippen LogP contribution in [-0.2, 0) is 4.74 Å². The molecule has 0 saturated carbocycles. The Bertz CT molecular complexity index is 110. The number of thiol groups is 1. The second-order valence-corrected chi connectivity index (χ2v) is 4.05.